The Morgan fingerprint density at radius 3 is 1.41 bits per heavy atom. The molecule has 2 aliphatic heterocycles. The fourth-order valence-electron chi connectivity index (χ4n) is 8.50. The second kappa shape index (κ2) is 28.0. The van der Waals surface area contributed by atoms with E-state index in [4.69, 9.17) is 23.2 Å². The first-order valence-electron chi connectivity index (χ1n) is 24.6. The second-order valence-corrected chi connectivity index (χ2v) is 20.7. The van der Waals surface area contributed by atoms with Gasteiger partial charge in [-0.2, -0.15) is 0 Å². The smallest absolute Gasteiger partial charge is 0.254 e. The molecule has 74 heavy (non-hydrogen) atoms. The Hall–Kier alpha value is -6.08. The van der Waals surface area contributed by atoms with Crippen molar-refractivity contribution in [2.24, 2.45) is 0 Å². The maximum Gasteiger partial charge on any atom is 0.254 e. The number of nitrogens with one attached hydrogen (secondary N) is 2. The molecule has 14 nitrogen and oxygen atoms in total. The number of benzene rings is 4. The predicted octanol–water partition coefficient (Wildman–Crippen LogP) is 6.22. The van der Waals surface area contributed by atoms with E-state index in [2.05, 4.69) is 44.0 Å². The fourth-order valence-corrected chi connectivity index (χ4v) is 10.8. The molecule has 0 saturated carbocycles. The number of piperazine rings is 2. The van der Waals surface area contributed by atoms with Crippen LogP contribution in [-0.4, -0.2) is 144 Å². The lowest BCUT2D eigenvalue weighted by molar-refractivity contribution is -0.153. The van der Waals surface area contributed by atoms with Crippen LogP contribution in [0, 0.1) is 0 Å². The molecule has 0 spiro atoms. The number of hydrogen-bond acceptors (Lipinski definition) is 12. The first-order chi connectivity index (χ1) is 35.8. The van der Waals surface area contributed by atoms with Gasteiger partial charge >= 0.3 is 0 Å². The van der Waals surface area contributed by atoms with Gasteiger partial charge in [-0.15, -0.1) is 22.7 Å². The number of rotatable bonds is 19. The quantitative estimate of drug-likeness (QED) is 0.0545. The number of para-hydroxylation sites is 2. The average Bonchev–Trinajstić information content (AvgIpc) is 4.11. The van der Waals surface area contributed by atoms with Crippen LogP contribution in [-0.2, 0) is 44.9 Å². The Bertz CT molecular complexity index is 2780. The molecule has 2 aromatic heterocycles. The van der Waals surface area contributed by atoms with Crippen LogP contribution in [0.5, 0.6) is 0 Å². The van der Waals surface area contributed by atoms with Gasteiger partial charge in [0.2, 0.25) is 0 Å². The Kier molecular flexibility index (Phi) is 21.1. The van der Waals surface area contributed by atoms with Gasteiger partial charge < -0.3 is 50.7 Å². The number of aliphatic hydroxyl groups excluding tert-OH is 4. The lowest BCUT2D eigenvalue weighted by Gasteiger charge is -2.37. The van der Waals surface area contributed by atoms with Crippen molar-refractivity contribution < 1.29 is 39.6 Å². The summed E-state index contributed by atoms with van der Waals surface area (Å²) in [6, 6.07) is 39.5. The minimum atomic E-state index is -1.83. The van der Waals surface area contributed by atoms with E-state index in [-0.39, 0.29) is 6.54 Å². The summed E-state index contributed by atoms with van der Waals surface area (Å²) in [7, 11) is 0. The summed E-state index contributed by atoms with van der Waals surface area (Å²) >= 11 is 15.7. The lowest BCUT2D eigenvalue weighted by atomic mass is 10.1. The van der Waals surface area contributed by atoms with Crippen LogP contribution in [0.4, 0.5) is 11.4 Å². The molecule has 2 saturated heterocycles. The predicted molar refractivity (Wildman–Crippen MR) is 296 cm³/mol. The van der Waals surface area contributed by atoms with Gasteiger partial charge in [-0.1, -0.05) is 120 Å². The molecular formula is C56H62Cl2N6O8S2. The van der Waals surface area contributed by atoms with Gasteiger partial charge in [0, 0.05) is 75.2 Å². The third-order valence-corrected chi connectivity index (χ3v) is 15.4. The highest BCUT2D eigenvalue weighted by atomic mass is 35.5. The number of halogens is 2. The Balaban J connectivity index is 0.000000216. The fraction of sp³-hybridized carbons (Fsp3) is 0.321. The van der Waals surface area contributed by atoms with Crippen LogP contribution in [0.25, 0.3) is 12.2 Å². The van der Waals surface area contributed by atoms with Crippen molar-refractivity contribution in [3.8, 4) is 0 Å². The number of carbonyl (C=O) groups is 4. The molecule has 0 radical (unpaired) electrons. The molecule has 0 bridgehead atoms. The van der Waals surface area contributed by atoms with E-state index in [0.717, 1.165) is 45.1 Å². The largest absolute Gasteiger partial charge is 0.380 e. The topological polar surface area (TPSA) is 186 Å². The summed E-state index contributed by atoms with van der Waals surface area (Å²) in [5.74, 6) is -2.83. The van der Waals surface area contributed by atoms with Crippen LogP contribution < -0.4 is 20.4 Å². The monoisotopic (exact) mass is 1080 g/mol. The van der Waals surface area contributed by atoms with Gasteiger partial charge in [0.05, 0.1) is 21.4 Å². The summed E-state index contributed by atoms with van der Waals surface area (Å²) in [6.45, 7) is 4.19. The first-order valence-corrected chi connectivity index (χ1v) is 27.1. The minimum absolute atomic E-state index is 0.287. The van der Waals surface area contributed by atoms with Crippen molar-refractivity contribution in [1.82, 2.24) is 20.4 Å². The number of hydrogen-bond donors (Lipinski definition) is 6. The van der Waals surface area contributed by atoms with Crippen molar-refractivity contribution in [3.63, 3.8) is 0 Å². The summed E-state index contributed by atoms with van der Waals surface area (Å²) in [5.41, 5.74) is 6.53. The SMILES string of the molecule is O=C(NCCc1cc(/C=C/c2ccccc2)cs1)[C@H](O)[C@@H](O)C(=O)N1CCN(c2ccccc2Cl)CC1.O=C(NCCc1cc(CCc2ccccc2)cs1)[C@H](O)[C@@H](O)C(=O)N1CCN(c2ccccc2Cl)CC1. The highest BCUT2D eigenvalue weighted by molar-refractivity contribution is 7.10. The normalized spacial score (nSPS) is 15.4. The average molecular weight is 1080 g/mol. The van der Waals surface area contributed by atoms with Crippen molar-refractivity contribution in [1.29, 1.82) is 0 Å². The molecule has 0 unspecified atom stereocenters. The van der Waals surface area contributed by atoms with E-state index in [1.807, 2.05) is 121 Å². The summed E-state index contributed by atoms with van der Waals surface area (Å²) in [5, 5.41) is 52.0. The van der Waals surface area contributed by atoms with E-state index in [0.29, 0.717) is 81.8 Å². The highest BCUT2D eigenvalue weighted by Gasteiger charge is 2.36. The van der Waals surface area contributed by atoms with Gasteiger partial charge in [0.15, 0.2) is 24.4 Å². The molecule has 390 valence electrons. The summed E-state index contributed by atoms with van der Waals surface area (Å²) in [6.07, 6.45) is -0.0821. The van der Waals surface area contributed by atoms with E-state index < -0.39 is 48.0 Å². The molecule has 4 heterocycles. The minimum Gasteiger partial charge on any atom is -0.380 e. The van der Waals surface area contributed by atoms with Crippen molar-refractivity contribution in [2.45, 2.75) is 50.1 Å². The summed E-state index contributed by atoms with van der Waals surface area (Å²) in [4.78, 5) is 59.5. The molecule has 4 amide bonds. The number of anilines is 2. The highest BCUT2D eigenvalue weighted by Crippen LogP contribution is 2.28. The molecular weight excluding hydrogens is 1020 g/mol. The van der Waals surface area contributed by atoms with E-state index in [1.54, 1.807) is 22.7 Å². The van der Waals surface area contributed by atoms with Gasteiger partial charge in [0.1, 0.15) is 0 Å². The molecule has 4 aromatic carbocycles. The van der Waals surface area contributed by atoms with Crippen LogP contribution in [0.2, 0.25) is 10.0 Å². The molecule has 6 N–H and O–H groups in total. The third-order valence-electron chi connectivity index (χ3n) is 12.7. The third kappa shape index (κ3) is 16.0. The number of carbonyl (C=O) groups excluding carboxylic acids is 4. The van der Waals surface area contributed by atoms with E-state index in [1.165, 1.54) is 20.9 Å². The van der Waals surface area contributed by atoms with Crippen molar-refractivity contribution in [3.05, 3.63) is 174 Å². The van der Waals surface area contributed by atoms with E-state index >= 15 is 0 Å². The molecule has 4 atom stereocenters. The van der Waals surface area contributed by atoms with Gasteiger partial charge in [-0.3, -0.25) is 19.2 Å². The zero-order valence-corrected chi connectivity index (χ0v) is 44.0. The number of aryl methyl sites for hydroxylation is 2. The molecule has 6 aromatic rings. The molecule has 0 aliphatic carbocycles. The molecule has 2 fully saturated rings. The van der Waals surface area contributed by atoms with Crippen LogP contribution in [0.1, 0.15) is 32.0 Å². The zero-order valence-electron chi connectivity index (χ0n) is 40.8. The van der Waals surface area contributed by atoms with Crippen LogP contribution >= 0.6 is 45.9 Å². The van der Waals surface area contributed by atoms with Crippen LogP contribution in [0.3, 0.4) is 0 Å². The lowest BCUT2D eigenvalue weighted by Crippen LogP contribution is -2.55. The number of aliphatic hydroxyl groups is 4. The van der Waals surface area contributed by atoms with Gasteiger partial charge in [-0.25, -0.2) is 0 Å². The maximum atomic E-state index is 12.7. The molecule has 8 rings (SSSR count). The second-order valence-electron chi connectivity index (χ2n) is 17.9. The first kappa shape index (κ1) is 55.7. The number of thiophene rings is 2. The van der Waals surface area contributed by atoms with Gasteiger partial charge in [-0.05, 0) is 95.1 Å². The standard InChI is InChI=1S/C28H32ClN3O4S.C28H30ClN3O4S/c2*29-23-8-4-5-9-24(23)31-14-16-32(17-15-31)28(36)26(34)25(33)27(35)30-13-12-22-18-21(19-37-22)11-10-20-6-2-1-3-7-20/h1-9,18-19,25-26,33-34H,10-17H2,(H,30,35);1-11,18-19,25-26,33-34H,12-17H2,(H,30,35)/b;11-10+/t2*25-,26-/m11/s1. The van der Waals surface area contributed by atoms with E-state index in [9.17, 15) is 39.6 Å². The maximum absolute atomic E-state index is 12.7. The Morgan fingerprint density at radius 2 is 0.905 bits per heavy atom. The number of nitrogens with zero attached hydrogens (tertiary/aromatic N) is 4. The number of amides is 4. The van der Waals surface area contributed by atoms with Crippen molar-refractivity contribution >= 4 is 93.0 Å². The Morgan fingerprint density at radius 1 is 0.486 bits per heavy atom. The summed E-state index contributed by atoms with van der Waals surface area (Å²) < 4.78 is 0. The van der Waals surface area contributed by atoms with Gasteiger partial charge in [0.25, 0.3) is 23.6 Å². The van der Waals surface area contributed by atoms with Crippen molar-refractivity contribution in [2.75, 3.05) is 75.2 Å². The molecule has 2 aliphatic rings. The van der Waals surface area contributed by atoms with Crippen LogP contribution in [0.15, 0.2) is 132 Å². The Labute approximate surface area is 450 Å². The zero-order chi connectivity index (χ0) is 52.4. The molecule has 18 heteroatoms.